The van der Waals surface area contributed by atoms with E-state index in [1.54, 1.807) is 0 Å². The van der Waals surface area contributed by atoms with Crippen molar-refractivity contribution in [3.05, 3.63) is 48.2 Å². The van der Waals surface area contributed by atoms with Gasteiger partial charge in [0.25, 0.3) is 0 Å². The largest absolute Gasteiger partial charge is 0.353 e. The van der Waals surface area contributed by atoms with Gasteiger partial charge in [0.2, 0.25) is 0 Å². The molecule has 4 rings (SSSR count). The van der Waals surface area contributed by atoms with E-state index < -0.39 is 0 Å². The van der Waals surface area contributed by atoms with E-state index in [0.29, 0.717) is 5.92 Å². The molecular formula is C18H23N5. The van der Waals surface area contributed by atoms with Crippen LogP contribution in [0.4, 0.5) is 0 Å². The Bertz CT molecular complexity index is 816. The molecule has 5 nitrogen and oxygen atoms in total. The van der Waals surface area contributed by atoms with Gasteiger partial charge in [-0.15, -0.1) is 0 Å². The van der Waals surface area contributed by atoms with E-state index in [1.165, 1.54) is 17.9 Å². The van der Waals surface area contributed by atoms with Gasteiger partial charge in [-0.3, -0.25) is 4.90 Å². The zero-order valence-electron chi connectivity index (χ0n) is 13.8. The Balaban J connectivity index is 1.57. The number of fused-ring (bicyclic) bond motifs is 1. The lowest BCUT2D eigenvalue weighted by Crippen LogP contribution is -2.21. The molecule has 1 aliphatic rings. The van der Waals surface area contributed by atoms with E-state index in [2.05, 4.69) is 57.4 Å². The quantitative estimate of drug-likeness (QED) is 0.744. The SMILES string of the molecule is CCn1c(C2CCN(Cc3cccn3C)C2)nc2cccnc21. The monoisotopic (exact) mass is 309 g/mol. The van der Waals surface area contributed by atoms with Gasteiger partial charge in [0, 0.05) is 50.7 Å². The molecular weight excluding hydrogens is 286 g/mol. The van der Waals surface area contributed by atoms with Crippen LogP contribution in [-0.4, -0.2) is 37.1 Å². The van der Waals surface area contributed by atoms with E-state index in [9.17, 15) is 0 Å². The molecule has 5 heteroatoms. The first-order valence-corrected chi connectivity index (χ1v) is 8.40. The summed E-state index contributed by atoms with van der Waals surface area (Å²) in [6.45, 7) is 6.34. The molecule has 0 bridgehead atoms. The molecule has 0 aliphatic carbocycles. The van der Waals surface area contributed by atoms with Crippen LogP contribution in [-0.2, 0) is 20.1 Å². The van der Waals surface area contributed by atoms with Crippen LogP contribution in [0.15, 0.2) is 36.7 Å². The topological polar surface area (TPSA) is 38.9 Å². The van der Waals surface area contributed by atoms with Crippen molar-refractivity contribution >= 4 is 11.2 Å². The maximum atomic E-state index is 4.88. The van der Waals surface area contributed by atoms with Crippen molar-refractivity contribution in [2.24, 2.45) is 7.05 Å². The highest BCUT2D eigenvalue weighted by Gasteiger charge is 2.28. The van der Waals surface area contributed by atoms with E-state index in [-0.39, 0.29) is 0 Å². The third-order valence-corrected chi connectivity index (χ3v) is 4.92. The molecule has 1 fully saturated rings. The molecule has 1 saturated heterocycles. The number of nitrogens with zero attached hydrogens (tertiary/aromatic N) is 5. The lowest BCUT2D eigenvalue weighted by Gasteiger charge is -2.17. The molecule has 0 radical (unpaired) electrons. The summed E-state index contributed by atoms with van der Waals surface area (Å²) in [5.41, 5.74) is 3.41. The number of pyridine rings is 1. The summed E-state index contributed by atoms with van der Waals surface area (Å²) >= 11 is 0. The first-order valence-electron chi connectivity index (χ1n) is 8.40. The normalized spacial score (nSPS) is 19.0. The molecule has 0 N–H and O–H groups in total. The molecule has 3 aromatic heterocycles. The van der Waals surface area contributed by atoms with Gasteiger partial charge in [-0.05, 0) is 44.2 Å². The molecule has 120 valence electrons. The average Bonchev–Trinajstić information content (AvgIpc) is 3.26. The number of hydrogen-bond acceptors (Lipinski definition) is 3. The van der Waals surface area contributed by atoms with E-state index in [0.717, 1.165) is 37.3 Å². The summed E-state index contributed by atoms with van der Waals surface area (Å²) < 4.78 is 4.49. The molecule has 4 heterocycles. The molecule has 0 saturated carbocycles. The Morgan fingerprint density at radius 1 is 1.26 bits per heavy atom. The Labute approximate surface area is 136 Å². The van der Waals surface area contributed by atoms with Gasteiger partial charge in [-0.1, -0.05) is 0 Å². The van der Waals surface area contributed by atoms with Crippen LogP contribution in [0.3, 0.4) is 0 Å². The first-order chi connectivity index (χ1) is 11.3. The summed E-state index contributed by atoms with van der Waals surface area (Å²) in [4.78, 5) is 11.9. The second-order valence-corrected chi connectivity index (χ2v) is 6.39. The van der Waals surface area contributed by atoms with Crippen LogP contribution in [0, 0.1) is 0 Å². The molecule has 0 amide bonds. The van der Waals surface area contributed by atoms with Crippen LogP contribution >= 0.6 is 0 Å². The van der Waals surface area contributed by atoms with Crippen molar-refractivity contribution in [1.29, 1.82) is 0 Å². The van der Waals surface area contributed by atoms with Crippen molar-refractivity contribution in [1.82, 2.24) is 24.0 Å². The number of aromatic nitrogens is 4. The predicted molar refractivity (Wildman–Crippen MR) is 91.3 cm³/mol. The zero-order valence-corrected chi connectivity index (χ0v) is 13.8. The Hall–Kier alpha value is -2.14. The van der Waals surface area contributed by atoms with Crippen molar-refractivity contribution < 1.29 is 0 Å². The molecule has 0 spiro atoms. The fourth-order valence-electron chi connectivity index (χ4n) is 3.68. The maximum Gasteiger partial charge on any atom is 0.159 e. The minimum absolute atomic E-state index is 0.504. The van der Waals surface area contributed by atoms with Crippen LogP contribution < -0.4 is 0 Å². The molecule has 0 aromatic carbocycles. The standard InChI is InChI=1S/C18H23N5/c1-3-23-17(20-16-7-4-9-19-18(16)23)14-8-11-22(12-14)13-15-6-5-10-21(15)2/h4-7,9-10,14H,3,8,11-13H2,1-2H3. The van der Waals surface area contributed by atoms with Crippen molar-refractivity contribution in [2.45, 2.75) is 32.4 Å². The Morgan fingerprint density at radius 3 is 2.96 bits per heavy atom. The molecule has 1 unspecified atom stereocenters. The van der Waals surface area contributed by atoms with Crippen molar-refractivity contribution in [2.75, 3.05) is 13.1 Å². The third kappa shape index (κ3) is 2.55. The second-order valence-electron chi connectivity index (χ2n) is 6.39. The predicted octanol–water partition coefficient (Wildman–Crippen LogP) is 2.78. The first kappa shape index (κ1) is 14.5. The number of likely N-dealkylation sites (tertiary alicyclic amines) is 1. The summed E-state index contributed by atoms with van der Waals surface area (Å²) in [7, 11) is 2.12. The smallest absolute Gasteiger partial charge is 0.159 e. The molecule has 23 heavy (non-hydrogen) atoms. The van der Waals surface area contributed by atoms with E-state index >= 15 is 0 Å². The maximum absolute atomic E-state index is 4.88. The minimum Gasteiger partial charge on any atom is -0.353 e. The minimum atomic E-state index is 0.504. The third-order valence-electron chi connectivity index (χ3n) is 4.92. The summed E-state index contributed by atoms with van der Waals surface area (Å²) in [5, 5.41) is 0. The number of hydrogen-bond donors (Lipinski definition) is 0. The lowest BCUT2D eigenvalue weighted by molar-refractivity contribution is 0.317. The van der Waals surface area contributed by atoms with Crippen LogP contribution in [0.5, 0.6) is 0 Å². The fraction of sp³-hybridized carbons (Fsp3) is 0.444. The van der Waals surface area contributed by atoms with Gasteiger partial charge in [0.15, 0.2) is 5.65 Å². The zero-order chi connectivity index (χ0) is 15.8. The fourth-order valence-corrected chi connectivity index (χ4v) is 3.68. The Kier molecular flexibility index (Phi) is 3.65. The van der Waals surface area contributed by atoms with Crippen molar-refractivity contribution in [3.8, 4) is 0 Å². The highest BCUT2D eigenvalue weighted by Crippen LogP contribution is 2.29. The average molecular weight is 309 g/mol. The van der Waals surface area contributed by atoms with Gasteiger partial charge in [-0.2, -0.15) is 0 Å². The van der Waals surface area contributed by atoms with Gasteiger partial charge in [-0.25, -0.2) is 9.97 Å². The highest BCUT2D eigenvalue weighted by molar-refractivity contribution is 5.71. The number of rotatable bonds is 4. The molecule has 1 atom stereocenters. The van der Waals surface area contributed by atoms with E-state index in [4.69, 9.17) is 4.98 Å². The number of imidazole rings is 1. The lowest BCUT2D eigenvalue weighted by atomic mass is 10.1. The van der Waals surface area contributed by atoms with Gasteiger partial charge < -0.3 is 9.13 Å². The second kappa shape index (κ2) is 5.81. The van der Waals surface area contributed by atoms with Gasteiger partial charge in [0.05, 0.1) is 0 Å². The van der Waals surface area contributed by atoms with Crippen LogP contribution in [0.2, 0.25) is 0 Å². The summed E-state index contributed by atoms with van der Waals surface area (Å²) in [5.74, 6) is 1.71. The van der Waals surface area contributed by atoms with Gasteiger partial charge >= 0.3 is 0 Å². The van der Waals surface area contributed by atoms with Crippen LogP contribution in [0.25, 0.3) is 11.2 Å². The summed E-state index contributed by atoms with van der Waals surface area (Å²) in [6, 6.07) is 8.35. The number of aryl methyl sites for hydroxylation is 2. The summed E-state index contributed by atoms with van der Waals surface area (Å²) in [6.07, 6.45) is 5.15. The van der Waals surface area contributed by atoms with Crippen molar-refractivity contribution in [3.63, 3.8) is 0 Å². The van der Waals surface area contributed by atoms with E-state index in [1.807, 2.05) is 12.3 Å². The van der Waals surface area contributed by atoms with Gasteiger partial charge in [0.1, 0.15) is 11.3 Å². The highest BCUT2D eigenvalue weighted by atomic mass is 15.2. The molecule has 3 aromatic rings. The Morgan fingerprint density at radius 2 is 2.17 bits per heavy atom. The molecule has 1 aliphatic heterocycles. The van der Waals surface area contributed by atoms with Crippen LogP contribution in [0.1, 0.15) is 30.8 Å².